The molecule has 0 heterocycles. The molecule has 1 unspecified atom stereocenters. The summed E-state index contributed by atoms with van der Waals surface area (Å²) in [5.41, 5.74) is 2.02. The fourth-order valence-electron chi connectivity index (χ4n) is 1.50. The number of carbonyl (C=O) groups excluding carboxylic acids is 1. The third-order valence-corrected chi connectivity index (χ3v) is 2.31. The molecule has 0 aliphatic rings. The minimum atomic E-state index is -0.237. The summed E-state index contributed by atoms with van der Waals surface area (Å²) < 4.78 is 5.43. The molecule has 82 valence electrons. The minimum Gasteiger partial charge on any atom is -0.494 e. The Morgan fingerprint density at radius 3 is 2.73 bits per heavy atom. The Hall–Kier alpha value is -1.35. The molecule has 1 N–H and O–H groups in total. The van der Waals surface area contributed by atoms with Crippen molar-refractivity contribution in [2.75, 3.05) is 13.7 Å². The van der Waals surface area contributed by atoms with Gasteiger partial charge in [0.1, 0.15) is 12.0 Å². The summed E-state index contributed by atoms with van der Waals surface area (Å²) in [6, 6.07) is 5.55. The molecular formula is C12H17NO2. The quantitative estimate of drug-likeness (QED) is 0.749. The maximum atomic E-state index is 10.8. The summed E-state index contributed by atoms with van der Waals surface area (Å²) in [6.45, 7) is 4.59. The van der Waals surface area contributed by atoms with E-state index in [1.165, 1.54) is 0 Å². The van der Waals surface area contributed by atoms with Crippen molar-refractivity contribution in [3.63, 3.8) is 0 Å². The average molecular weight is 207 g/mol. The predicted molar refractivity (Wildman–Crippen MR) is 60.2 cm³/mol. The van der Waals surface area contributed by atoms with Crippen LogP contribution in [0.25, 0.3) is 0 Å². The summed E-state index contributed by atoms with van der Waals surface area (Å²) in [5.74, 6) is 0.877. The number of carbonyl (C=O) groups is 1. The highest BCUT2D eigenvalue weighted by Gasteiger charge is 2.09. The SMILES string of the molecule is CCOc1ccc(C(C=O)NC)cc1C. The van der Waals surface area contributed by atoms with Gasteiger partial charge in [0.25, 0.3) is 0 Å². The summed E-state index contributed by atoms with van der Waals surface area (Å²) in [7, 11) is 1.77. The number of aryl methyl sites for hydroxylation is 1. The van der Waals surface area contributed by atoms with Gasteiger partial charge < -0.3 is 14.8 Å². The van der Waals surface area contributed by atoms with Crippen molar-refractivity contribution in [3.8, 4) is 5.75 Å². The second-order valence-corrected chi connectivity index (χ2v) is 3.36. The van der Waals surface area contributed by atoms with Crippen LogP contribution in [0.4, 0.5) is 0 Å². The smallest absolute Gasteiger partial charge is 0.141 e. The van der Waals surface area contributed by atoms with Gasteiger partial charge in [0.05, 0.1) is 12.6 Å². The second kappa shape index (κ2) is 5.51. The number of hydrogen-bond acceptors (Lipinski definition) is 3. The van der Waals surface area contributed by atoms with Crippen LogP contribution >= 0.6 is 0 Å². The van der Waals surface area contributed by atoms with Crippen molar-refractivity contribution in [1.82, 2.24) is 5.32 Å². The second-order valence-electron chi connectivity index (χ2n) is 3.36. The van der Waals surface area contributed by atoms with Crippen LogP contribution in [0, 0.1) is 6.92 Å². The lowest BCUT2D eigenvalue weighted by Crippen LogP contribution is -2.17. The number of hydrogen-bond donors (Lipinski definition) is 1. The lowest BCUT2D eigenvalue weighted by molar-refractivity contribution is -0.109. The van der Waals surface area contributed by atoms with Crippen molar-refractivity contribution < 1.29 is 9.53 Å². The predicted octanol–water partition coefficient (Wildman–Crippen LogP) is 1.85. The molecule has 3 heteroatoms. The Balaban J connectivity index is 2.94. The van der Waals surface area contributed by atoms with Gasteiger partial charge in [-0.3, -0.25) is 0 Å². The van der Waals surface area contributed by atoms with E-state index in [-0.39, 0.29) is 6.04 Å². The summed E-state index contributed by atoms with van der Waals surface area (Å²) >= 11 is 0. The third-order valence-electron chi connectivity index (χ3n) is 2.31. The molecule has 0 fully saturated rings. The highest BCUT2D eigenvalue weighted by molar-refractivity contribution is 5.62. The highest BCUT2D eigenvalue weighted by Crippen LogP contribution is 2.21. The molecule has 0 amide bonds. The first-order valence-electron chi connectivity index (χ1n) is 5.08. The fraction of sp³-hybridized carbons (Fsp3) is 0.417. The van der Waals surface area contributed by atoms with E-state index in [4.69, 9.17) is 4.74 Å². The van der Waals surface area contributed by atoms with Crippen LogP contribution in [0.2, 0.25) is 0 Å². The number of benzene rings is 1. The zero-order chi connectivity index (χ0) is 11.3. The van der Waals surface area contributed by atoms with E-state index in [1.54, 1.807) is 7.05 Å². The average Bonchev–Trinajstić information content (AvgIpc) is 2.24. The highest BCUT2D eigenvalue weighted by atomic mass is 16.5. The molecule has 0 saturated heterocycles. The molecule has 1 rings (SSSR count). The molecule has 1 atom stereocenters. The molecule has 1 aromatic rings. The first-order chi connectivity index (χ1) is 7.22. The van der Waals surface area contributed by atoms with Crippen LogP contribution in [0.1, 0.15) is 24.1 Å². The van der Waals surface area contributed by atoms with Gasteiger partial charge in [0, 0.05) is 0 Å². The van der Waals surface area contributed by atoms with Crippen LogP contribution in [-0.4, -0.2) is 19.9 Å². The van der Waals surface area contributed by atoms with Crippen molar-refractivity contribution >= 4 is 6.29 Å². The van der Waals surface area contributed by atoms with Crippen molar-refractivity contribution in [3.05, 3.63) is 29.3 Å². The zero-order valence-corrected chi connectivity index (χ0v) is 9.41. The normalized spacial score (nSPS) is 12.2. The Morgan fingerprint density at radius 1 is 1.53 bits per heavy atom. The number of likely N-dealkylation sites (N-methyl/N-ethyl adjacent to an activating group) is 1. The summed E-state index contributed by atoms with van der Waals surface area (Å²) in [5, 5.41) is 2.94. The van der Waals surface area contributed by atoms with Gasteiger partial charge in [-0.05, 0) is 38.1 Å². The maximum absolute atomic E-state index is 10.8. The lowest BCUT2D eigenvalue weighted by atomic mass is 10.0. The first-order valence-corrected chi connectivity index (χ1v) is 5.08. The van der Waals surface area contributed by atoms with E-state index in [0.29, 0.717) is 6.61 Å². The van der Waals surface area contributed by atoms with E-state index in [1.807, 2.05) is 32.0 Å². The Kier molecular flexibility index (Phi) is 4.31. The number of nitrogens with one attached hydrogen (secondary N) is 1. The summed E-state index contributed by atoms with van der Waals surface area (Å²) in [6.07, 6.45) is 0.898. The standard InChI is InChI=1S/C12H17NO2/c1-4-15-12-6-5-10(7-9(12)2)11(8-14)13-3/h5-8,11,13H,4H2,1-3H3. The van der Waals surface area contributed by atoms with Crippen molar-refractivity contribution in [2.45, 2.75) is 19.9 Å². The molecule has 0 aliphatic heterocycles. The van der Waals surface area contributed by atoms with E-state index < -0.39 is 0 Å². The fourth-order valence-corrected chi connectivity index (χ4v) is 1.50. The number of aldehydes is 1. The number of rotatable bonds is 5. The van der Waals surface area contributed by atoms with Gasteiger partial charge in [-0.15, -0.1) is 0 Å². The Labute approximate surface area is 90.4 Å². The molecule has 0 bridgehead atoms. The molecule has 15 heavy (non-hydrogen) atoms. The lowest BCUT2D eigenvalue weighted by Gasteiger charge is -2.12. The zero-order valence-electron chi connectivity index (χ0n) is 9.41. The van der Waals surface area contributed by atoms with Gasteiger partial charge >= 0.3 is 0 Å². The van der Waals surface area contributed by atoms with Crippen LogP contribution in [0.5, 0.6) is 5.75 Å². The van der Waals surface area contributed by atoms with Gasteiger partial charge in [0.2, 0.25) is 0 Å². The molecule has 0 radical (unpaired) electrons. The number of ether oxygens (including phenoxy) is 1. The minimum absolute atomic E-state index is 0.237. The topological polar surface area (TPSA) is 38.3 Å². The monoisotopic (exact) mass is 207 g/mol. The molecule has 0 saturated carbocycles. The van der Waals surface area contributed by atoms with E-state index in [0.717, 1.165) is 23.2 Å². The molecule has 0 aliphatic carbocycles. The van der Waals surface area contributed by atoms with Crippen LogP contribution in [0.15, 0.2) is 18.2 Å². The van der Waals surface area contributed by atoms with Crippen LogP contribution < -0.4 is 10.1 Å². The third kappa shape index (κ3) is 2.80. The van der Waals surface area contributed by atoms with Gasteiger partial charge in [0.15, 0.2) is 0 Å². The van der Waals surface area contributed by atoms with Crippen LogP contribution in [0.3, 0.4) is 0 Å². The molecule has 1 aromatic carbocycles. The van der Waals surface area contributed by atoms with Gasteiger partial charge in [-0.25, -0.2) is 0 Å². The van der Waals surface area contributed by atoms with Gasteiger partial charge in [-0.1, -0.05) is 12.1 Å². The van der Waals surface area contributed by atoms with Crippen LogP contribution in [-0.2, 0) is 4.79 Å². The van der Waals surface area contributed by atoms with Crippen molar-refractivity contribution in [1.29, 1.82) is 0 Å². The van der Waals surface area contributed by atoms with E-state index in [9.17, 15) is 4.79 Å². The summed E-state index contributed by atoms with van der Waals surface area (Å²) in [4.78, 5) is 10.8. The molecule has 0 aromatic heterocycles. The molecule has 0 spiro atoms. The first kappa shape index (κ1) is 11.7. The van der Waals surface area contributed by atoms with E-state index >= 15 is 0 Å². The molecular weight excluding hydrogens is 190 g/mol. The molecule has 3 nitrogen and oxygen atoms in total. The van der Waals surface area contributed by atoms with Gasteiger partial charge in [-0.2, -0.15) is 0 Å². The largest absolute Gasteiger partial charge is 0.494 e. The Bertz CT molecular complexity index is 336. The van der Waals surface area contributed by atoms with E-state index in [2.05, 4.69) is 5.32 Å². The maximum Gasteiger partial charge on any atom is 0.141 e. The van der Waals surface area contributed by atoms with Crippen molar-refractivity contribution in [2.24, 2.45) is 0 Å². The Morgan fingerprint density at radius 2 is 2.27 bits per heavy atom.